The summed E-state index contributed by atoms with van der Waals surface area (Å²) in [4.78, 5) is 10.8. The van der Waals surface area contributed by atoms with E-state index >= 15 is 0 Å². The molecule has 1 fully saturated rings. The normalized spacial score (nSPS) is 16.9. The van der Waals surface area contributed by atoms with Gasteiger partial charge < -0.3 is 15.7 Å². The molecule has 4 nitrogen and oxygen atoms in total. The van der Waals surface area contributed by atoms with Crippen LogP contribution < -0.4 is 10.6 Å². The number of aliphatic carboxylic acids is 1. The number of nitrogens with one attached hydrogen (secondary N) is 2. The SMILES string of the molecule is O=C(O)CC1(NCCc2cc(F)cc(F)c2)CNC1. The molecule has 1 aromatic carbocycles. The summed E-state index contributed by atoms with van der Waals surface area (Å²) >= 11 is 0. The number of carboxylic acid groups (broad SMARTS) is 1. The van der Waals surface area contributed by atoms with E-state index in [9.17, 15) is 13.6 Å². The smallest absolute Gasteiger partial charge is 0.305 e. The third-order valence-corrected chi connectivity index (χ3v) is 3.25. The molecule has 0 spiro atoms. The van der Waals surface area contributed by atoms with Crippen molar-refractivity contribution in [3.63, 3.8) is 0 Å². The average molecular weight is 270 g/mol. The minimum Gasteiger partial charge on any atom is -0.481 e. The second-order valence-corrected chi connectivity index (χ2v) is 4.91. The number of rotatable bonds is 6. The van der Waals surface area contributed by atoms with Crippen molar-refractivity contribution >= 4 is 5.97 Å². The highest BCUT2D eigenvalue weighted by atomic mass is 19.1. The monoisotopic (exact) mass is 270 g/mol. The molecule has 19 heavy (non-hydrogen) atoms. The fourth-order valence-corrected chi connectivity index (χ4v) is 2.26. The number of benzene rings is 1. The molecular formula is C13H16F2N2O2. The summed E-state index contributed by atoms with van der Waals surface area (Å²) in [5.74, 6) is -2.05. The van der Waals surface area contributed by atoms with Gasteiger partial charge in [0.15, 0.2) is 0 Å². The number of halogens is 2. The molecule has 6 heteroatoms. The molecular weight excluding hydrogens is 254 g/mol. The van der Waals surface area contributed by atoms with Crippen LogP contribution in [0.25, 0.3) is 0 Å². The standard InChI is InChI=1S/C13H16F2N2O2/c14-10-3-9(4-11(15)5-10)1-2-17-13(6-12(18)19)7-16-8-13/h3-5,16-17H,1-2,6-8H2,(H,18,19). The quantitative estimate of drug-likeness (QED) is 0.719. The van der Waals surface area contributed by atoms with Crippen LogP contribution in [-0.2, 0) is 11.2 Å². The van der Waals surface area contributed by atoms with E-state index in [0.717, 1.165) is 6.07 Å². The van der Waals surface area contributed by atoms with E-state index in [1.807, 2.05) is 0 Å². The largest absolute Gasteiger partial charge is 0.481 e. The van der Waals surface area contributed by atoms with E-state index in [1.165, 1.54) is 12.1 Å². The Bertz CT molecular complexity index is 455. The van der Waals surface area contributed by atoms with Gasteiger partial charge in [0, 0.05) is 19.2 Å². The van der Waals surface area contributed by atoms with Crippen LogP contribution in [0.15, 0.2) is 18.2 Å². The minimum atomic E-state index is -0.856. The molecule has 0 amide bonds. The van der Waals surface area contributed by atoms with E-state index in [0.29, 0.717) is 31.6 Å². The maximum atomic E-state index is 13.0. The first kappa shape index (κ1) is 13.9. The average Bonchev–Trinajstić information content (AvgIpc) is 2.23. The van der Waals surface area contributed by atoms with Crippen LogP contribution in [0.4, 0.5) is 8.78 Å². The van der Waals surface area contributed by atoms with Gasteiger partial charge in [0.25, 0.3) is 0 Å². The van der Waals surface area contributed by atoms with E-state index in [1.54, 1.807) is 0 Å². The zero-order valence-corrected chi connectivity index (χ0v) is 10.4. The van der Waals surface area contributed by atoms with Crippen molar-refractivity contribution in [1.82, 2.24) is 10.6 Å². The van der Waals surface area contributed by atoms with Crippen LogP contribution in [0.2, 0.25) is 0 Å². The lowest BCUT2D eigenvalue weighted by Gasteiger charge is -2.42. The number of carboxylic acids is 1. The molecule has 0 bridgehead atoms. The van der Waals surface area contributed by atoms with Crippen LogP contribution in [0.1, 0.15) is 12.0 Å². The first-order valence-corrected chi connectivity index (χ1v) is 6.12. The Morgan fingerprint density at radius 1 is 1.32 bits per heavy atom. The lowest BCUT2D eigenvalue weighted by molar-refractivity contribution is -0.139. The van der Waals surface area contributed by atoms with Crippen molar-refractivity contribution in [3.8, 4) is 0 Å². The zero-order valence-electron chi connectivity index (χ0n) is 10.4. The lowest BCUT2D eigenvalue weighted by atomic mass is 9.88. The predicted octanol–water partition coefficient (Wildman–Crippen LogP) is 0.914. The minimum absolute atomic E-state index is 0.0392. The van der Waals surface area contributed by atoms with Crippen LogP contribution in [-0.4, -0.2) is 36.2 Å². The Labute approximate surface area is 109 Å². The summed E-state index contributed by atoms with van der Waals surface area (Å²) in [7, 11) is 0. The first-order chi connectivity index (χ1) is 8.99. The van der Waals surface area contributed by atoms with Gasteiger partial charge in [0.05, 0.1) is 12.0 Å². The molecule has 1 aromatic rings. The zero-order chi connectivity index (χ0) is 13.9. The van der Waals surface area contributed by atoms with Gasteiger partial charge in [-0.3, -0.25) is 4.79 Å². The van der Waals surface area contributed by atoms with Crippen molar-refractivity contribution in [2.45, 2.75) is 18.4 Å². The highest BCUT2D eigenvalue weighted by molar-refractivity contribution is 5.68. The second-order valence-electron chi connectivity index (χ2n) is 4.91. The van der Waals surface area contributed by atoms with Crippen molar-refractivity contribution < 1.29 is 18.7 Å². The third kappa shape index (κ3) is 3.71. The summed E-state index contributed by atoms with van der Waals surface area (Å²) < 4.78 is 26.0. The summed E-state index contributed by atoms with van der Waals surface area (Å²) in [6.45, 7) is 1.67. The van der Waals surface area contributed by atoms with Crippen LogP contribution in [0.5, 0.6) is 0 Å². The van der Waals surface area contributed by atoms with E-state index < -0.39 is 23.1 Å². The molecule has 2 rings (SSSR count). The fraction of sp³-hybridized carbons (Fsp3) is 0.462. The van der Waals surface area contributed by atoms with Gasteiger partial charge in [-0.05, 0) is 30.7 Å². The molecule has 0 saturated carbocycles. The molecule has 1 saturated heterocycles. The molecule has 0 aromatic heterocycles. The van der Waals surface area contributed by atoms with E-state index in [2.05, 4.69) is 10.6 Å². The van der Waals surface area contributed by atoms with Gasteiger partial charge >= 0.3 is 5.97 Å². The first-order valence-electron chi connectivity index (χ1n) is 6.12. The fourth-order valence-electron chi connectivity index (χ4n) is 2.26. The molecule has 104 valence electrons. The Morgan fingerprint density at radius 2 is 1.95 bits per heavy atom. The van der Waals surface area contributed by atoms with Crippen LogP contribution in [0, 0.1) is 11.6 Å². The Hall–Kier alpha value is -1.53. The molecule has 1 aliphatic heterocycles. The highest BCUT2D eigenvalue weighted by Gasteiger charge is 2.38. The molecule has 3 N–H and O–H groups in total. The van der Waals surface area contributed by atoms with Gasteiger partial charge in [-0.25, -0.2) is 8.78 Å². The van der Waals surface area contributed by atoms with Gasteiger partial charge in [-0.1, -0.05) is 0 Å². The summed E-state index contributed by atoms with van der Waals surface area (Å²) in [6, 6.07) is 3.40. The summed E-state index contributed by atoms with van der Waals surface area (Å²) in [6.07, 6.45) is 0.494. The molecule has 0 aliphatic carbocycles. The van der Waals surface area contributed by atoms with Crippen LogP contribution >= 0.6 is 0 Å². The summed E-state index contributed by atoms with van der Waals surface area (Å²) in [5.41, 5.74) is 0.125. The van der Waals surface area contributed by atoms with Crippen molar-refractivity contribution in [3.05, 3.63) is 35.4 Å². The topological polar surface area (TPSA) is 61.4 Å². The van der Waals surface area contributed by atoms with Crippen molar-refractivity contribution in [2.24, 2.45) is 0 Å². The molecule has 0 unspecified atom stereocenters. The summed E-state index contributed by atoms with van der Waals surface area (Å²) in [5, 5.41) is 15.0. The van der Waals surface area contributed by atoms with Gasteiger partial charge in [-0.15, -0.1) is 0 Å². The number of hydrogen-bond acceptors (Lipinski definition) is 3. The molecule has 1 aliphatic rings. The molecule has 1 heterocycles. The van der Waals surface area contributed by atoms with E-state index in [-0.39, 0.29) is 6.42 Å². The van der Waals surface area contributed by atoms with Crippen molar-refractivity contribution in [2.75, 3.05) is 19.6 Å². The van der Waals surface area contributed by atoms with Crippen molar-refractivity contribution in [1.29, 1.82) is 0 Å². The van der Waals surface area contributed by atoms with E-state index in [4.69, 9.17) is 5.11 Å². The third-order valence-electron chi connectivity index (χ3n) is 3.25. The maximum absolute atomic E-state index is 13.0. The predicted molar refractivity (Wildman–Crippen MR) is 65.9 cm³/mol. The molecule has 0 atom stereocenters. The Morgan fingerprint density at radius 3 is 2.42 bits per heavy atom. The maximum Gasteiger partial charge on any atom is 0.305 e. The number of hydrogen-bond donors (Lipinski definition) is 3. The van der Waals surface area contributed by atoms with Gasteiger partial charge in [-0.2, -0.15) is 0 Å². The van der Waals surface area contributed by atoms with Gasteiger partial charge in [0.1, 0.15) is 11.6 Å². The van der Waals surface area contributed by atoms with Gasteiger partial charge in [0.2, 0.25) is 0 Å². The second kappa shape index (κ2) is 5.63. The number of carbonyl (C=O) groups is 1. The Balaban J connectivity index is 1.87. The highest BCUT2D eigenvalue weighted by Crippen LogP contribution is 2.16. The molecule has 0 radical (unpaired) electrons. The van der Waals surface area contributed by atoms with Crippen LogP contribution in [0.3, 0.4) is 0 Å². The lowest BCUT2D eigenvalue weighted by Crippen LogP contribution is -2.68. The Kier molecular flexibility index (Phi) is 4.11.